The van der Waals surface area contributed by atoms with Gasteiger partial charge >= 0.3 is 0 Å². The minimum absolute atomic E-state index is 0.0912. The van der Waals surface area contributed by atoms with Crippen LogP contribution in [0.2, 0.25) is 0 Å². The van der Waals surface area contributed by atoms with Crippen LogP contribution in [0.1, 0.15) is 5.56 Å². The van der Waals surface area contributed by atoms with E-state index >= 15 is 0 Å². The Morgan fingerprint density at radius 1 is 1.44 bits per heavy atom. The molecule has 6 heteroatoms. The Labute approximate surface area is 97.3 Å². The highest BCUT2D eigenvalue weighted by Gasteiger charge is 2.12. The van der Waals surface area contributed by atoms with Crippen LogP contribution in [0.4, 0.5) is 5.69 Å². The van der Waals surface area contributed by atoms with Gasteiger partial charge in [-0.2, -0.15) is 11.8 Å². The molecular weight excluding hydrogens is 230 g/mol. The van der Waals surface area contributed by atoms with E-state index in [1.165, 1.54) is 17.8 Å². The van der Waals surface area contributed by atoms with Crippen LogP contribution in [-0.2, 0) is 5.75 Å². The molecule has 0 fully saturated rings. The number of hydrogen-bond acceptors (Lipinski definition) is 5. The zero-order chi connectivity index (χ0) is 12.0. The van der Waals surface area contributed by atoms with Crippen LogP contribution in [0.5, 0.6) is 0 Å². The van der Waals surface area contributed by atoms with Crippen LogP contribution >= 0.6 is 11.8 Å². The molecule has 0 amide bonds. The molecule has 1 atom stereocenters. The Morgan fingerprint density at radius 2 is 2.12 bits per heavy atom. The standard InChI is InChI=1S/C10H13NO4S/c12-5-9(13)7-16-6-8-3-1-2-4-10(8)11(14)15/h1-4,9,12-13H,5-7H2/t9-/m1/s1. The van der Waals surface area contributed by atoms with Gasteiger partial charge in [-0.3, -0.25) is 10.1 Å². The Bertz CT molecular complexity index is 358. The minimum Gasteiger partial charge on any atom is -0.394 e. The zero-order valence-corrected chi connectivity index (χ0v) is 9.39. The predicted molar refractivity (Wildman–Crippen MR) is 62.4 cm³/mol. The zero-order valence-electron chi connectivity index (χ0n) is 8.57. The summed E-state index contributed by atoms with van der Waals surface area (Å²) in [6.07, 6.45) is -0.771. The molecule has 16 heavy (non-hydrogen) atoms. The van der Waals surface area contributed by atoms with E-state index in [1.807, 2.05) is 0 Å². The number of nitro benzene ring substituents is 1. The maximum Gasteiger partial charge on any atom is 0.273 e. The SMILES string of the molecule is O=[N+]([O-])c1ccccc1CSC[C@H](O)CO. The molecule has 2 N–H and O–H groups in total. The van der Waals surface area contributed by atoms with Gasteiger partial charge in [0.1, 0.15) is 0 Å². The van der Waals surface area contributed by atoms with Crippen molar-refractivity contribution in [3.8, 4) is 0 Å². The lowest BCUT2D eigenvalue weighted by atomic mass is 10.2. The average Bonchev–Trinajstić information content (AvgIpc) is 2.29. The van der Waals surface area contributed by atoms with Crippen LogP contribution in [-0.4, -0.2) is 33.6 Å². The third-order valence-corrected chi connectivity index (χ3v) is 3.10. The molecule has 0 aliphatic carbocycles. The molecule has 0 aliphatic heterocycles. The van der Waals surface area contributed by atoms with Crippen molar-refractivity contribution in [2.45, 2.75) is 11.9 Å². The number of benzene rings is 1. The molecule has 5 nitrogen and oxygen atoms in total. The quantitative estimate of drug-likeness (QED) is 0.579. The highest BCUT2D eigenvalue weighted by atomic mass is 32.2. The number of thioether (sulfide) groups is 1. The third kappa shape index (κ3) is 3.80. The van der Waals surface area contributed by atoms with Gasteiger partial charge in [-0.15, -0.1) is 0 Å². The molecule has 0 radical (unpaired) electrons. The maximum atomic E-state index is 10.7. The molecule has 0 bridgehead atoms. The molecule has 0 heterocycles. The highest BCUT2D eigenvalue weighted by molar-refractivity contribution is 7.98. The van der Waals surface area contributed by atoms with E-state index in [0.717, 1.165) is 0 Å². The summed E-state index contributed by atoms with van der Waals surface area (Å²) in [5.74, 6) is 0.816. The first-order valence-electron chi connectivity index (χ1n) is 4.74. The maximum absolute atomic E-state index is 10.7. The summed E-state index contributed by atoms with van der Waals surface area (Å²) in [4.78, 5) is 10.3. The Balaban J connectivity index is 2.56. The first kappa shape index (κ1) is 13.0. The second kappa shape index (κ2) is 6.47. The summed E-state index contributed by atoms with van der Waals surface area (Å²) in [6.45, 7) is -0.288. The van der Waals surface area contributed by atoms with E-state index in [2.05, 4.69) is 0 Å². The number of para-hydroxylation sites is 1. The predicted octanol–water partition coefficient (Wildman–Crippen LogP) is 1.18. The highest BCUT2D eigenvalue weighted by Crippen LogP contribution is 2.22. The van der Waals surface area contributed by atoms with Crippen molar-refractivity contribution in [3.63, 3.8) is 0 Å². The van der Waals surface area contributed by atoms with Gasteiger partial charge in [0.2, 0.25) is 0 Å². The van der Waals surface area contributed by atoms with Crippen molar-refractivity contribution in [3.05, 3.63) is 39.9 Å². The number of hydrogen-bond donors (Lipinski definition) is 2. The molecule has 1 aromatic carbocycles. The van der Waals surface area contributed by atoms with Crippen LogP contribution < -0.4 is 0 Å². The van der Waals surface area contributed by atoms with E-state index in [-0.39, 0.29) is 12.3 Å². The largest absolute Gasteiger partial charge is 0.394 e. The van der Waals surface area contributed by atoms with Crippen molar-refractivity contribution in [2.75, 3.05) is 12.4 Å². The van der Waals surface area contributed by atoms with Gasteiger partial charge in [-0.25, -0.2) is 0 Å². The second-order valence-electron chi connectivity index (χ2n) is 3.24. The smallest absolute Gasteiger partial charge is 0.273 e. The van der Waals surface area contributed by atoms with Crippen LogP contribution in [0.25, 0.3) is 0 Å². The third-order valence-electron chi connectivity index (χ3n) is 1.97. The summed E-state index contributed by atoms with van der Waals surface area (Å²) in [5, 5.41) is 28.4. The van der Waals surface area contributed by atoms with Gasteiger partial charge in [-0.05, 0) is 0 Å². The number of aliphatic hydroxyl groups excluding tert-OH is 2. The van der Waals surface area contributed by atoms with Crippen LogP contribution in [0.3, 0.4) is 0 Å². The lowest BCUT2D eigenvalue weighted by molar-refractivity contribution is -0.385. The molecular formula is C10H13NO4S. The summed E-state index contributed by atoms with van der Waals surface area (Å²) in [5.41, 5.74) is 0.719. The summed E-state index contributed by atoms with van der Waals surface area (Å²) in [6, 6.07) is 6.51. The number of nitrogens with zero attached hydrogens (tertiary/aromatic N) is 1. The lowest BCUT2D eigenvalue weighted by Gasteiger charge is -2.06. The van der Waals surface area contributed by atoms with Crippen molar-refractivity contribution in [1.29, 1.82) is 0 Å². The van der Waals surface area contributed by atoms with Crippen LogP contribution in [0, 0.1) is 10.1 Å². The van der Waals surface area contributed by atoms with Crippen LogP contribution in [0.15, 0.2) is 24.3 Å². The van der Waals surface area contributed by atoms with Gasteiger partial charge in [0.15, 0.2) is 0 Å². The Morgan fingerprint density at radius 3 is 2.75 bits per heavy atom. The Kier molecular flexibility index (Phi) is 5.24. The average molecular weight is 243 g/mol. The number of aliphatic hydroxyl groups is 2. The molecule has 0 spiro atoms. The molecule has 88 valence electrons. The molecule has 0 aliphatic rings. The summed E-state index contributed by atoms with van der Waals surface area (Å²) in [7, 11) is 0. The van der Waals surface area contributed by atoms with Crippen molar-refractivity contribution in [2.24, 2.45) is 0 Å². The first-order chi connectivity index (χ1) is 7.65. The summed E-state index contributed by atoms with van der Waals surface area (Å²) < 4.78 is 0. The summed E-state index contributed by atoms with van der Waals surface area (Å²) >= 11 is 1.36. The first-order valence-corrected chi connectivity index (χ1v) is 5.89. The lowest BCUT2D eigenvalue weighted by Crippen LogP contribution is -2.14. The van der Waals surface area contributed by atoms with Gasteiger partial charge in [0.25, 0.3) is 5.69 Å². The van der Waals surface area contributed by atoms with E-state index in [9.17, 15) is 10.1 Å². The Hall–Kier alpha value is -1.11. The van der Waals surface area contributed by atoms with E-state index in [4.69, 9.17) is 10.2 Å². The molecule has 0 saturated carbocycles. The second-order valence-corrected chi connectivity index (χ2v) is 4.27. The fourth-order valence-electron chi connectivity index (χ4n) is 1.17. The van der Waals surface area contributed by atoms with E-state index < -0.39 is 11.0 Å². The normalized spacial score (nSPS) is 12.4. The molecule has 1 rings (SSSR count). The van der Waals surface area contributed by atoms with E-state index in [0.29, 0.717) is 17.1 Å². The molecule has 1 aromatic rings. The van der Waals surface area contributed by atoms with E-state index in [1.54, 1.807) is 18.2 Å². The topological polar surface area (TPSA) is 83.6 Å². The fourth-order valence-corrected chi connectivity index (χ4v) is 2.13. The minimum atomic E-state index is -0.771. The van der Waals surface area contributed by atoms with Gasteiger partial charge < -0.3 is 10.2 Å². The van der Waals surface area contributed by atoms with Crippen molar-refractivity contribution in [1.82, 2.24) is 0 Å². The van der Waals surface area contributed by atoms with Crippen molar-refractivity contribution < 1.29 is 15.1 Å². The number of nitro groups is 1. The van der Waals surface area contributed by atoms with Gasteiger partial charge in [0.05, 0.1) is 17.6 Å². The molecule has 0 unspecified atom stereocenters. The van der Waals surface area contributed by atoms with Crippen molar-refractivity contribution >= 4 is 17.4 Å². The fraction of sp³-hybridized carbons (Fsp3) is 0.400. The monoisotopic (exact) mass is 243 g/mol. The number of rotatable bonds is 6. The van der Waals surface area contributed by atoms with Gasteiger partial charge in [0, 0.05) is 23.1 Å². The molecule has 0 aromatic heterocycles. The molecule has 0 saturated heterocycles. The van der Waals surface area contributed by atoms with Gasteiger partial charge in [-0.1, -0.05) is 18.2 Å².